The number of anilines is 1. The van der Waals surface area contributed by atoms with Crippen molar-refractivity contribution in [1.82, 2.24) is 4.98 Å². The Hall–Kier alpha value is -2.35. The van der Waals surface area contributed by atoms with Gasteiger partial charge in [0.05, 0.1) is 22.4 Å². The molecule has 8 heteroatoms. The number of amides is 1. The number of hydrogen-bond donors (Lipinski definition) is 1. The van der Waals surface area contributed by atoms with Gasteiger partial charge in [0.15, 0.2) is 5.82 Å². The molecular formula is C12H7BrFN3O3. The Kier molecular flexibility index (Phi) is 4.04. The van der Waals surface area contributed by atoms with Crippen LogP contribution in [0.15, 0.2) is 41.1 Å². The molecule has 20 heavy (non-hydrogen) atoms. The average molecular weight is 340 g/mol. The minimum atomic E-state index is -0.668. The molecule has 0 unspecified atom stereocenters. The van der Waals surface area contributed by atoms with E-state index in [0.717, 1.165) is 6.20 Å². The number of nitro groups is 1. The molecule has 0 saturated carbocycles. The molecule has 0 aliphatic rings. The van der Waals surface area contributed by atoms with Gasteiger partial charge in [-0.25, -0.2) is 4.39 Å². The van der Waals surface area contributed by atoms with Crippen molar-refractivity contribution in [3.05, 3.63) is 62.6 Å². The van der Waals surface area contributed by atoms with Crippen molar-refractivity contribution >= 4 is 33.2 Å². The summed E-state index contributed by atoms with van der Waals surface area (Å²) < 4.78 is 13.6. The molecule has 1 N–H and O–H groups in total. The van der Waals surface area contributed by atoms with Crippen molar-refractivity contribution in [3.8, 4) is 0 Å². The van der Waals surface area contributed by atoms with Gasteiger partial charge in [0.1, 0.15) is 0 Å². The Morgan fingerprint density at radius 3 is 2.75 bits per heavy atom. The molecule has 0 saturated heterocycles. The molecule has 6 nitrogen and oxygen atoms in total. The van der Waals surface area contributed by atoms with Crippen LogP contribution in [0.3, 0.4) is 0 Å². The van der Waals surface area contributed by atoms with Crippen LogP contribution in [0.2, 0.25) is 0 Å². The lowest BCUT2D eigenvalue weighted by Crippen LogP contribution is -2.13. The zero-order valence-corrected chi connectivity index (χ0v) is 11.4. The fraction of sp³-hybridized carbons (Fsp3) is 0. The van der Waals surface area contributed by atoms with Crippen molar-refractivity contribution in [1.29, 1.82) is 0 Å². The summed E-state index contributed by atoms with van der Waals surface area (Å²) in [5.74, 6) is -1.25. The second-order valence-electron chi connectivity index (χ2n) is 3.73. The monoisotopic (exact) mass is 339 g/mol. The van der Waals surface area contributed by atoms with Crippen LogP contribution in [0.5, 0.6) is 0 Å². The zero-order chi connectivity index (χ0) is 14.7. The van der Waals surface area contributed by atoms with Crippen molar-refractivity contribution < 1.29 is 14.1 Å². The van der Waals surface area contributed by atoms with E-state index >= 15 is 0 Å². The van der Waals surface area contributed by atoms with Gasteiger partial charge in [-0.1, -0.05) is 0 Å². The number of halogens is 2. The topological polar surface area (TPSA) is 85.1 Å². The maximum Gasteiger partial charge on any atom is 0.270 e. The SMILES string of the molecule is O=C(Nc1ccncc1F)c1ccc([N+](=O)[O-])cc1Br. The third kappa shape index (κ3) is 2.97. The van der Waals surface area contributed by atoms with Gasteiger partial charge in [0, 0.05) is 22.8 Å². The van der Waals surface area contributed by atoms with Crippen molar-refractivity contribution in [2.24, 2.45) is 0 Å². The number of rotatable bonds is 3. The van der Waals surface area contributed by atoms with Gasteiger partial charge in [-0.2, -0.15) is 0 Å². The summed E-state index contributed by atoms with van der Waals surface area (Å²) in [4.78, 5) is 25.6. The molecule has 0 fully saturated rings. The maximum atomic E-state index is 13.4. The summed E-state index contributed by atoms with van der Waals surface area (Å²) in [5, 5.41) is 13.0. The summed E-state index contributed by atoms with van der Waals surface area (Å²) in [7, 11) is 0. The van der Waals surface area contributed by atoms with Crippen LogP contribution < -0.4 is 5.32 Å². The quantitative estimate of drug-likeness (QED) is 0.687. The first-order valence-corrected chi connectivity index (χ1v) is 6.13. The molecule has 0 bridgehead atoms. The Morgan fingerprint density at radius 1 is 1.40 bits per heavy atom. The summed E-state index contributed by atoms with van der Waals surface area (Å²) in [6.07, 6.45) is 2.31. The van der Waals surface area contributed by atoms with E-state index < -0.39 is 16.6 Å². The minimum absolute atomic E-state index is 0.0183. The highest BCUT2D eigenvalue weighted by molar-refractivity contribution is 9.10. The van der Waals surface area contributed by atoms with E-state index in [0.29, 0.717) is 0 Å². The highest BCUT2D eigenvalue weighted by Crippen LogP contribution is 2.24. The summed E-state index contributed by atoms with van der Waals surface area (Å²) >= 11 is 3.08. The molecule has 2 rings (SSSR count). The molecule has 1 amide bonds. The Bertz CT molecular complexity index is 693. The number of carbonyl (C=O) groups excluding carboxylic acids is 1. The van der Waals surface area contributed by atoms with Crippen LogP contribution in [-0.4, -0.2) is 15.8 Å². The van der Waals surface area contributed by atoms with Gasteiger partial charge in [0.25, 0.3) is 11.6 Å². The molecule has 1 heterocycles. The first kappa shape index (κ1) is 14.1. The first-order valence-electron chi connectivity index (χ1n) is 5.34. The number of pyridine rings is 1. The normalized spacial score (nSPS) is 10.1. The Labute approximate surface area is 120 Å². The Morgan fingerprint density at radius 2 is 2.15 bits per heavy atom. The van der Waals surface area contributed by atoms with E-state index in [1.165, 1.54) is 30.5 Å². The maximum absolute atomic E-state index is 13.4. The zero-order valence-electron chi connectivity index (χ0n) is 9.84. The third-order valence-electron chi connectivity index (χ3n) is 2.43. The van der Waals surface area contributed by atoms with E-state index in [9.17, 15) is 19.3 Å². The lowest BCUT2D eigenvalue weighted by atomic mass is 10.2. The highest BCUT2D eigenvalue weighted by atomic mass is 79.9. The number of nitro benzene ring substituents is 1. The highest BCUT2D eigenvalue weighted by Gasteiger charge is 2.15. The molecule has 0 spiro atoms. The average Bonchev–Trinajstić information content (AvgIpc) is 2.41. The third-order valence-corrected chi connectivity index (χ3v) is 3.08. The molecule has 0 radical (unpaired) electrons. The number of nitrogens with zero attached hydrogens (tertiary/aromatic N) is 2. The lowest BCUT2D eigenvalue weighted by molar-refractivity contribution is -0.384. The number of non-ortho nitro benzene ring substituents is 1. The van der Waals surface area contributed by atoms with Gasteiger partial charge in [-0.15, -0.1) is 0 Å². The largest absolute Gasteiger partial charge is 0.319 e. The van der Waals surface area contributed by atoms with Gasteiger partial charge in [0.2, 0.25) is 0 Å². The predicted octanol–water partition coefficient (Wildman–Crippen LogP) is 3.14. The van der Waals surface area contributed by atoms with Crippen LogP contribution >= 0.6 is 15.9 Å². The van der Waals surface area contributed by atoms with Crippen LogP contribution in [0.25, 0.3) is 0 Å². The fourth-order valence-corrected chi connectivity index (χ4v) is 2.01. The van der Waals surface area contributed by atoms with Crippen LogP contribution in [0, 0.1) is 15.9 Å². The molecule has 0 aliphatic carbocycles. The number of hydrogen-bond acceptors (Lipinski definition) is 4. The molecule has 102 valence electrons. The summed E-state index contributed by atoms with van der Waals surface area (Å²) in [5.41, 5.74) is -0.00872. The van der Waals surface area contributed by atoms with E-state index in [1.54, 1.807) is 0 Å². The summed E-state index contributed by atoms with van der Waals surface area (Å²) in [6, 6.07) is 5.00. The molecule has 0 aliphatic heterocycles. The molecule has 0 atom stereocenters. The number of carbonyl (C=O) groups is 1. The standard InChI is InChI=1S/C12H7BrFN3O3/c13-9-5-7(17(19)20)1-2-8(9)12(18)16-11-3-4-15-6-10(11)14/h1-6H,(H,15,16,18). The van der Waals surface area contributed by atoms with E-state index in [4.69, 9.17) is 0 Å². The lowest BCUT2D eigenvalue weighted by Gasteiger charge is -2.07. The van der Waals surface area contributed by atoms with Crippen LogP contribution in [0.4, 0.5) is 15.8 Å². The minimum Gasteiger partial charge on any atom is -0.319 e. The Balaban J connectivity index is 2.26. The van der Waals surface area contributed by atoms with Gasteiger partial charge >= 0.3 is 0 Å². The molecule has 2 aromatic rings. The van der Waals surface area contributed by atoms with Gasteiger partial charge < -0.3 is 5.32 Å². The number of nitrogens with one attached hydrogen (secondary N) is 1. The second-order valence-corrected chi connectivity index (χ2v) is 4.59. The van der Waals surface area contributed by atoms with E-state index in [2.05, 4.69) is 26.2 Å². The van der Waals surface area contributed by atoms with Crippen LogP contribution in [0.1, 0.15) is 10.4 Å². The van der Waals surface area contributed by atoms with Crippen molar-refractivity contribution in [2.45, 2.75) is 0 Å². The molecule has 1 aromatic carbocycles. The van der Waals surface area contributed by atoms with E-state index in [1.807, 2.05) is 0 Å². The fourth-order valence-electron chi connectivity index (χ4n) is 1.47. The smallest absolute Gasteiger partial charge is 0.270 e. The predicted molar refractivity (Wildman–Crippen MR) is 72.9 cm³/mol. The summed E-state index contributed by atoms with van der Waals surface area (Å²) in [6.45, 7) is 0. The van der Waals surface area contributed by atoms with Crippen molar-refractivity contribution in [2.75, 3.05) is 5.32 Å². The number of aromatic nitrogens is 1. The molecule has 1 aromatic heterocycles. The van der Waals surface area contributed by atoms with Crippen molar-refractivity contribution in [3.63, 3.8) is 0 Å². The number of benzene rings is 1. The van der Waals surface area contributed by atoms with E-state index in [-0.39, 0.29) is 21.4 Å². The van der Waals surface area contributed by atoms with Crippen LogP contribution in [-0.2, 0) is 0 Å². The second kappa shape index (κ2) is 5.74. The molecular weight excluding hydrogens is 333 g/mol. The van der Waals surface area contributed by atoms with Gasteiger partial charge in [-0.05, 0) is 28.1 Å². The van der Waals surface area contributed by atoms with Gasteiger partial charge in [-0.3, -0.25) is 19.9 Å². The first-order chi connectivity index (χ1) is 9.49.